The van der Waals surface area contributed by atoms with Crippen LogP contribution in [0.3, 0.4) is 0 Å². The molecule has 0 radical (unpaired) electrons. The van der Waals surface area contributed by atoms with E-state index in [0.717, 1.165) is 0 Å². The number of hydrogen-bond acceptors (Lipinski definition) is 0. The van der Waals surface area contributed by atoms with E-state index in [1.165, 1.54) is 110 Å². The van der Waals surface area contributed by atoms with Crippen molar-refractivity contribution in [3.63, 3.8) is 0 Å². The van der Waals surface area contributed by atoms with Crippen molar-refractivity contribution in [3.05, 3.63) is 192 Å². The first-order chi connectivity index (χ1) is 25.9. The molecule has 10 rings (SSSR count). The molecule has 9 aromatic carbocycles. The Bertz CT molecular complexity index is 2880. The SMILES string of the molecule is Cc1ccccc1-c1cccc(-c2c3ccccc3c(-c3cccc(-c4cccc5c4C(C)(C)c4cc6ccccc6cc4-5)c3)c3ccccc23)c1C. The highest BCUT2D eigenvalue weighted by molar-refractivity contribution is 6.22. The smallest absolute Gasteiger partial charge is 0.0165 e. The van der Waals surface area contributed by atoms with Crippen LogP contribution in [-0.2, 0) is 5.41 Å². The maximum atomic E-state index is 2.43. The number of rotatable bonds is 4. The summed E-state index contributed by atoms with van der Waals surface area (Å²) in [7, 11) is 0. The lowest BCUT2D eigenvalue weighted by Gasteiger charge is -2.25. The highest BCUT2D eigenvalue weighted by Crippen LogP contribution is 2.54. The highest BCUT2D eigenvalue weighted by Gasteiger charge is 2.38. The fourth-order valence-electron chi connectivity index (χ4n) is 9.45. The zero-order chi connectivity index (χ0) is 35.8. The molecule has 0 N–H and O–H groups in total. The van der Waals surface area contributed by atoms with Crippen LogP contribution in [0, 0.1) is 13.8 Å². The molecule has 0 unspecified atom stereocenters. The van der Waals surface area contributed by atoms with Gasteiger partial charge in [-0.25, -0.2) is 0 Å². The van der Waals surface area contributed by atoms with Gasteiger partial charge in [0.25, 0.3) is 0 Å². The van der Waals surface area contributed by atoms with Crippen molar-refractivity contribution >= 4 is 32.3 Å². The molecular weight excluding hydrogens is 637 g/mol. The fourth-order valence-corrected chi connectivity index (χ4v) is 9.45. The summed E-state index contributed by atoms with van der Waals surface area (Å²) in [6.45, 7) is 9.30. The molecule has 53 heavy (non-hydrogen) atoms. The van der Waals surface area contributed by atoms with Crippen molar-refractivity contribution < 1.29 is 0 Å². The Morgan fingerprint density at radius 1 is 0.358 bits per heavy atom. The molecule has 0 heteroatoms. The maximum Gasteiger partial charge on any atom is 0.0165 e. The van der Waals surface area contributed by atoms with Gasteiger partial charge >= 0.3 is 0 Å². The second-order valence-electron chi connectivity index (χ2n) is 15.3. The third kappa shape index (κ3) is 4.75. The molecular formula is C53H40. The summed E-state index contributed by atoms with van der Waals surface area (Å²) in [5.74, 6) is 0. The van der Waals surface area contributed by atoms with Crippen LogP contribution in [0.25, 0.3) is 88.0 Å². The molecule has 252 valence electrons. The Hall–Kier alpha value is -6.24. The molecule has 0 saturated carbocycles. The van der Waals surface area contributed by atoms with Gasteiger partial charge in [0.1, 0.15) is 0 Å². The van der Waals surface area contributed by atoms with Gasteiger partial charge in [0, 0.05) is 5.41 Å². The van der Waals surface area contributed by atoms with Crippen molar-refractivity contribution in [2.24, 2.45) is 0 Å². The molecule has 0 atom stereocenters. The van der Waals surface area contributed by atoms with E-state index in [-0.39, 0.29) is 5.41 Å². The third-order valence-corrected chi connectivity index (χ3v) is 12.0. The second-order valence-corrected chi connectivity index (χ2v) is 15.3. The summed E-state index contributed by atoms with van der Waals surface area (Å²) in [5, 5.41) is 7.70. The van der Waals surface area contributed by atoms with Crippen molar-refractivity contribution in [1.29, 1.82) is 0 Å². The van der Waals surface area contributed by atoms with Gasteiger partial charge in [0.2, 0.25) is 0 Å². The summed E-state index contributed by atoms with van der Waals surface area (Å²) in [4.78, 5) is 0. The van der Waals surface area contributed by atoms with Gasteiger partial charge in [-0.3, -0.25) is 0 Å². The summed E-state index contributed by atoms with van der Waals surface area (Å²) in [6, 6.07) is 63.3. The average molecular weight is 677 g/mol. The second kappa shape index (κ2) is 11.9. The van der Waals surface area contributed by atoms with Gasteiger partial charge in [0.15, 0.2) is 0 Å². The summed E-state index contributed by atoms with van der Waals surface area (Å²) < 4.78 is 0. The van der Waals surface area contributed by atoms with E-state index in [1.54, 1.807) is 0 Å². The van der Waals surface area contributed by atoms with Gasteiger partial charge in [-0.15, -0.1) is 0 Å². The number of benzene rings is 9. The van der Waals surface area contributed by atoms with E-state index in [2.05, 4.69) is 198 Å². The van der Waals surface area contributed by atoms with Crippen LogP contribution in [0.5, 0.6) is 0 Å². The Morgan fingerprint density at radius 3 is 1.57 bits per heavy atom. The predicted octanol–water partition coefficient (Wildman–Crippen LogP) is 14.7. The molecule has 0 amide bonds. The molecule has 9 aromatic rings. The van der Waals surface area contributed by atoms with Gasteiger partial charge in [-0.1, -0.05) is 166 Å². The van der Waals surface area contributed by atoms with Gasteiger partial charge in [-0.05, 0) is 142 Å². The summed E-state index contributed by atoms with van der Waals surface area (Å²) >= 11 is 0. The van der Waals surface area contributed by atoms with Crippen molar-refractivity contribution in [2.75, 3.05) is 0 Å². The lowest BCUT2D eigenvalue weighted by molar-refractivity contribution is 0.663. The number of aryl methyl sites for hydroxylation is 1. The van der Waals surface area contributed by atoms with Crippen LogP contribution in [0.15, 0.2) is 170 Å². The van der Waals surface area contributed by atoms with Gasteiger partial charge in [0.05, 0.1) is 0 Å². The van der Waals surface area contributed by atoms with E-state index >= 15 is 0 Å². The molecule has 0 aromatic heterocycles. The fraction of sp³-hybridized carbons (Fsp3) is 0.0943. The van der Waals surface area contributed by atoms with Crippen molar-refractivity contribution in [1.82, 2.24) is 0 Å². The molecule has 1 aliphatic rings. The van der Waals surface area contributed by atoms with E-state index < -0.39 is 0 Å². The largest absolute Gasteiger partial charge is 0.0620 e. The molecule has 0 fully saturated rings. The van der Waals surface area contributed by atoms with Gasteiger partial charge in [-0.2, -0.15) is 0 Å². The number of fused-ring (bicyclic) bond motifs is 6. The van der Waals surface area contributed by atoms with E-state index in [4.69, 9.17) is 0 Å². The Balaban J connectivity index is 1.18. The normalized spacial score (nSPS) is 13.1. The monoisotopic (exact) mass is 676 g/mol. The first kappa shape index (κ1) is 31.5. The zero-order valence-electron chi connectivity index (χ0n) is 30.7. The highest BCUT2D eigenvalue weighted by atomic mass is 14.4. The predicted molar refractivity (Wildman–Crippen MR) is 228 cm³/mol. The minimum Gasteiger partial charge on any atom is -0.0620 e. The third-order valence-electron chi connectivity index (χ3n) is 12.0. The molecule has 0 bridgehead atoms. The van der Waals surface area contributed by atoms with E-state index in [0.29, 0.717) is 0 Å². The number of hydrogen-bond donors (Lipinski definition) is 0. The molecule has 0 aliphatic heterocycles. The topological polar surface area (TPSA) is 0 Å². The molecule has 0 saturated heterocycles. The van der Waals surface area contributed by atoms with Crippen LogP contribution in [-0.4, -0.2) is 0 Å². The summed E-state index contributed by atoms with van der Waals surface area (Å²) in [6.07, 6.45) is 0. The zero-order valence-corrected chi connectivity index (χ0v) is 30.7. The minimum atomic E-state index is -0.132. The lowest BCUT2D eigenvalue weighted by Crippen LogP contribution is -2.16. The average Bonchev–Trinajstić information content (AvgIpc) is 3.42. The van der Waals surface area contributed by atoms with E-state index in [1.807, 2.05) is 0 Å². The van der Waals surface area contributed by atoms with Crippen LogP contribution >= 0.6 is 0 Å². The standard InChI is InChI=1S/C53H40/c1-33-16-5-8-21-39(33)40-26-14-27-41(34(40)2)51-45-24-11-9-22-43(45)50(44-23-10-12-25-46(44)51)38-20-13-19-37(30-38)42-28-15-29-47-48-31-35-17-6-7-18-36(35)32-49(48)53(3,4)52(42)47/h5-32H,1-4H3. The van der Waals surface area contributed by atoms with Crippen molar-refractivity contribution in [3.8, 4) is 55.6 Å². The van der Waals surface area contributed by atoms with Crippen LogP contribution in [0.1, 0.15) is 36.1 Å². The first-order valence-electron chi connectivity index (χ1n) is 18.8. The van der Waals surface area contributed by atoms with Gasteiger partial charge < -0.3 is 0 Å². The van der Waals surface area contributed by atoms with E-state index in [9.17, 15) is 0 Å². The van der Waals surface area contributed by atoms with Crippen molar-refractivity contribution in [2.45, 2.75) is 33.1 Å². The first-order valence-corrected chi connectivity index (χ1v) is 18.8. The molecule has 0 heterocycles. The minimum absolute atomic E-state index is 0.132. The lowest BCUT2D eigenvalue weighted by atomic mass is 9.78. The Labute approximate surface area is 312 Å². The van der Waals surface area contributed by atoms with Crippen LogP contribution < -0.4 is 0 Å². The Kier molecular flexibility index (Phi) is 7.07. The molecule has 0 spiro atoms. The Morgan fingerprint density at radius 2 is 0.868 bits per heavy atom. The van der Waals surface area contributed by atoms with Crippen LogP contribution in [0.2, 0.25) is 0 Å². The molecule has 1 aliphatic carbocycles. The maximum absolute atomic E-state index is 2.43. The quantitative estimate of drug-likeness (QED) is 0.163. The summed E-state index contributed by atoms with van der Waals surface area (Å²) in [5.41, 5.74) is 18.3. The molecule has 0 nitrogen and oxygen atoms in total. The van der Waals surface area contributed by atoms with Crippen LogP contribution in [0.4, 0.5) is 0 Å².